The second kappa shape index (κ2) is 65.2. The number of aliphatic hydroxyl groups excluding tert-OH is 5. The molecule has 1 rings (SSSR count). The Balaban J connectivity index is 2.06. The highest BCUT2D eigenvalue weighted by atomic mass is 16.7. The number of aliphatic hydroxyl groups is 5. The molecule has 6 N–H and O–H groups in total. The maximum atomic E-state index is 13.2. The molecule has 0 aromatic rings. The number of unbranched alkanes of at least 4 members (excludes halogenated alkanes) is 59. The Kier molecular flexibility index (Phi) is 63.0. The molecule has 1 aliphatic heterocycles. The highest BCUT2D eigenvalue weighted by molar-refractivity contribution is 5.76. The van der Waals surface area contributed by atoms with Gasteiger partial charge in [0, 0.05) is 6.42 Å². The lowest BCUT2D eigenvalue weighted by molar-refractivity contribution is -0.302. The molecule has 1 heterocycles. The van der Waals surface area contributed by atoms with Crippen LogP contribution in [0, 0.1) is 0 Å². The van der Waals surface area contributed by atoms with E-state index in [1.807, 2.05) is 0 Å². The predicted octanol–water partition coefficient (Wildman–Crippen LogP) is 21.3. The average Bonchev–Trinajstić information content (AvgIpc) is 3.69. The Morgan fingerprint density at radius 1 is 0.357 bits per heavy atom. The molecule has 502 valence electrons. The minimum Gasteiger partial charge on any atom is -0.394 e. The molecule has 7 unspecified atom stereocenters. The molecule has 0 radical (unpaired) electrons. The lowest BCUT2D eigenvalue weighted by atomic mass is 9.99. The Labute approximate surface area is 523 Å². The Bertz CT molecular complexity index is 1290. The van der Waals surface area contributed by atoms with Crippen LogP contribution in [0.5, 0.6) is 0 Å². The standard InChI is InChI=1S/C75H149NO8/c1-3-5-7-9-11-13-15-17-19-21-23-25-27-29-31-33-34-35-37-38-40-42-44-46-48-50-52-54-56-58-60-62-64-69(78)68(67-83-75-74(82)73(81)72(80)70(66-77)84-75)76-71(79)65-63-61-59-57-55-53-51-49-47-45-43-41-39-36-32-30-28-26-24-22-20-18-16-14-12-10-8-6-4-2/h68-70,72-75,77-78,80-82H,3-67H2,1-2H3,(H,76,79). The molecule has 0 spiro atoms. The van der Waals surface area contributed by atoms with Crippen LogP contribution in [0.25, 0.3) is 0 Å². The summed E-state index contributed by atoms with van der Waals surface area (Å²) in [5, 5.41) is 55.0. The van der Waals surface area contributed by atoms with Crippen LogP contribution in [0.15, 0.2) is 0 Å². The number of nitrogens with one attached hydrogen (secondary N) is 1. The summed E-state index contributed by atoms with van der Waals surface area (Å²) in [6.45, 7) is 3.92. The molecule has 0 aromatic carbocycles. The third-order valence-electron chi connectivity index (χ3n) is 19.0. The molecule has 1 aliphatic rings. The van der Waals surface area contributed by atoms with Crippen molar-refractivity contribution < 1.29 is 39.8 Å². The van der Waals surface area contributed by atoms with Crippen molar-refractivity contribution in [2.45, 2.75) is 461 Å². The lowest BCUT2D eigenvalue weighted by Gasteiger charge is -2.40. The van der Waals surface area contributed by atoms with Gasteiger partial charge in [0.25, 0.3) is 0 Å². The van der Waals surface area contributed by atoms with Crippen LogP contribution < -0.4 is 5.32 Å². The zero-order valence-corrected chi connectivity index (χ0v) is 56.5. The van der Waals surface area contributed by atoms with Crippen molar-refractivity contribution in [1.29, 1.82) is 0 Å². The van der Waals surface area contributed by atoms with Crippen molar-refractivity contribution in [3.05, 3.63) is 0 Å². The van der Waals surface area contributed by atoms with Gasteiger partial charge in [0.2, 0.25) is 5.91 Å². The van der Waals surface area contributed by atoms with Crippen molar-refractivity contribution in [3.63, 3.8) is 0 Å². The molecule has 1 saturated heterocycles. The smallest absolute Gasteiger partial charge is 0.220 e. The van der Waals surface area contributed by atoms with Crippen LogP contribution in [0.2, 0.25) is 0 Å². The van der Waals surface area contributed by atoms with Gasteiger partial charge in [0.15, 0.2) is 6.29 Å². The SMILES string of the molecule is CCCCCCCCCCCCCCCCCCCCCCCCCCCCCCCCCCC(O)C(COC1OC(CO)C(O)C(O)C1O)NC(=O)CCCCCCCCCCCCCCCCCCCCCCCCCCCCCCC. The van der Waals surface area contributed by atoms with Crippen molar-refractivity contribution in [2.75, 3.05) is 13.2 Å². The molecule has 84 heavy (non-hydrogen) atoms. The lowest BCUT2D eigenvalue weighted by Crippen LogP contribution is -2.60. The molecule has 0 bridgehead atoms. The molecular weight excluding hydrogens is 1040 g/mol. The highest BCUT2D eigenvalue weighted by Crippen LogP contribution is 2.24. The minimum atomic E-state index is -1.55. The molecule has 7 atom stereocenters. The summed E-state index contributed by atoms with van der Waals surface area (Å²) in [4.78, 5) is 13.2. The van der Waals surface area contributed by atoms with Gasteiger partial charge in [-0.25, -0.2) is 0 Å². The molecule has 1 fully saturated rings. The molecule has 0 aliphatic carbocycles. The normalized spacial score (nSPS) is 18.0. The first-order valence-electron chi connectivity index (χ1n) is 38.2. The molecule has 9 heteroatoms. The Morgan fingerprint density at radius 3 is 0.845 bits per heavy atom. The third-order valence-corrected chi connectivity index (χ3v) is 19.0. The molecule has 9 nitrogen and oxygen atoms in total. The number of ether oxygens (including phenoxy) is 2. The number of rotatable bonds is 69. The first kappa shape index (κ1) is 81.2. The fourth-order valence-corrected chi connectivity index (χ4v) is 13.0. The van der Waals surface area contributed by atoms with E-state index >= 15 is 0 Å². The highest BCUT2D eigenvalue weighted by Gasteiger charge is 2.44. The number of amides is 1. The van der Waals surface area contributed by atoms with Crippen LogP contribution in [-0.2, 0) is 14.3 Å². The van der Waals surface area contributed by atoms with Gasteiger partial charge in [0.1, 0.15) is 24.4 Å². The summed E-state index contributed by atoms with van der Waals surface area (Å²) in [6.07, 6.45) is 76.3. The fourth-order valence-electron chi connectivity index (χ4n) is 13.0. The second-order valence-corrected chi connectivity index (χ2v) is 27.2. The van der Waals surface area contributed by atoms with Crippen LogP contribution in [0.3, 0.4) is 0 Å². The number of hydrogen-bond donors (Lipinski definition) is 6. The first-order valence-corrected chi connectivity index (χ1v) is 38.2. The zero-order valence-electron chi connectivity index (χ0n) is 56.5. The molecule has 0 saturated carbocycles. The molecule has 1 amide bonds. The quantitative estimate of drug-likeness (QED) is 0.0330. The minimum absolute atomic E-state index is 0.130. The fraction of sp³-hybridized carbons (Fsp3) is 0.987. The average molecular weight is 1190 g/mol. The summed E-state index contributed by atoms with van der Waals surface area (Å²) in [5.41, 5.74) is 0. The summed E-state index contributed by atoms with van der Waals surface area (Å²) >= 11 is 0. The second-order valence-electron chi connectivity index (χ2n) is 27.2. The van der Waals surface area contributed by atoms with Gasteiger partial charge in [-0.1, -0.05) is 399 Å². The van der Waals surface area contributed by atoms with E-state index in [0.717, 1.165) is 38.5 Å². The van der Waals surface area contributed by atoms with Gasteiger partial charge in [0.05, 0.1) is 25.4 Å². The number of carbonyl (C=O) groups is 1. The Hall–Kier alpha value is -0.810. The molecular formula is C75H149NO8. The van der Waals surface area contributed by atoms with Gasteiger partial charge < -0.3 is 40.3 Å². The maximum Gasteiger partial charge on any atom is 0.220 e. The van der Waals surface area contributed by atoms with Crippen LogP contribution in [0.1, 0.15) is 418 Å². The first-order chi connectivity index (χ1) is 41.3. The summed E-state index contributed by atoms with van der Waals surface area (Å²) in [5.74, 6) is -0.132. The summed E-state index contributed by atoms with van der Waals surface area (Å²) < 4.78 is 11.4. The Morgan fingerprint density at radius 2 is 0.595 bits per heavy atom. The van der Waals surface area contributed by atoms with E-state index in [0.29, 0.717) is 12.8 Å². The van der Waals surface area contributed by atoms with Gasteiger partial charge in [-0.2, -0.15) is 0 Å². The van der Waals surface area contributed by atoms with Crippen molar-refractivity contribution in [1.82, 2.24) is 5.32 Å². The van der Waals surface area contributed by atoms with E-state index in [2.05, 4.69) is 19.2 Å². The largest absolute Gasteiger partial charge is 0.394 e. The zero-order chi connectivity index (χ0) is 60.7. The van der Waals surface area contributed by atoms with E-state index in [1.165, 1.54) is 353 Å². The van der Waals surface area contributed by atoms with Crippen LogP contribution >= 0.6 is 0 Å². The van der Waals surface area contributed by atoms with Gasteiger partial charge in [-0.05, 0) is 12.8 Å². The number of carbonyl (C=O) groups excluding carboxylic acids is 1. The van der Waals surface area contributed by atoms with Gasteiger partial charge in [-0.15, -0.1) is 0 Å². The summed E-state index contributed by atoms with van der Waals surface area (Å²) in [6, 6.07) is -0.716. The van der Waals surface area contributed by atoms with E-state index in [1.54, 1.807) is 0 Å². The van der Waals surface area contributed by atoms with E-state index in [-0.39, 0.29) is 12.5 Å². The summed E-state index contributed by atoms with van der Waals surface area (Å²) in [7, 11) is 0. The number of hydrogen-bond acceptors (Lipinski definition) is 8. The monoisotopic (exact) mass is 1190 g/mol. The van der Waals surface area contributed by atoms with Crippen LogP contribution in [-0.4, -0.2) is 87.5 Å². The van der Waals surface area contributed by atoms with Gasteiger partial charge in [-0.3, -0.25) is 4.79 Å². The van der Waals surface area contributed by atoms with E-state index in [9.17, 15) is 30.3 Å². The van der Waals surface area contributed by atoms with Gasteiger partial charge >= 0.3 is 0 Å². The molecule has 0 aromatic heterocycles. The predicted molar refractivity (Wildman–Crippen MR) is 360 cm³/mol. The topological polar surface area (TPSA) is 149 Å². The van der Waals surface area contributed by atoms with Crippen molar-refractivity contribution in [3.8, 4) is 0 Å². The van der Waals surface area contributed by atoms with Crippen LogP contribution in [0.4, 0.5) is 0 Å². The maximum absolute atomic E-state index is 13.2. The van der Waals surface area contributed by atoms with Crippen molar-refractivity contribution in [2.24, 2.45) is 0 Å². The van der Waals surface area contributed by atoms with Crippen molar-refractivity contribution >= 4 is 5.91 Å². The van der Waals surface area contributed by atoms with E-state index < -0.39 is 49.5 Å². The third kappa shape index (κ3) is 53.1. The van der Waals surface area contributed by atoms with E-state index in [4.69, 9.17) is 9.47 Å².